The molecule has 0 atom stereocenters. The molecule has 0 aliphatic heterocycles. The van der Waals surface area contributed by atoms with Crippen LogP contribution >= 0.6 is 12.6 Å². The zero-order valence-corrected chi connectivity index (χ0v) is 9.35. The van der Waals surface area contributed by atoms with Gasteiger partial charge < -0.3 is 4.57 Å². The molecule has 3 heteroatoms. The van der Waals surface area contributed by atoms with Crippen molar-refractivity contribution in [2.75, 3.05) is 5.75 Å². The maximum Gasteiger partial charge on any atom is 0.0951 e. The summed E-state index contributed by atoms with van der Waals surface area (Å²) in [6.07, 6.45) is 5.65. The summed E-state index contributed by atoms with van der Waals surface area (Å²) in [6.45, 7) is 5.28. The van der Waals surface area contributed by atoms with Crippen LogP contribution in [0.1, 0.15) is 30.7 Å². The molecule has 1 aromatic heterocycles. The Balaban J connectivity index is 2.32. The van der Waals surface area contributed by atoms with Gasteiger partial charge >= 0.3 is 0 Å². The fourth-order valence-corrected chi connectivity index (χ4v) is 1.56. The molecule has 74 valence electrons. The molecule has 1 aromatic rings. The summed E-state index contributed by atoms with van der Waals surface area (Å²) in [5, 5.41) is 0. The first-order valence-corrected chi connectivity index (χ1v) is 5.48. The number of rotatable bonds is 5. The molecule has 1 heterocycles. The Morgan fingerprint density at radius 2 is 2.08 bits per heavy atom. The molecular formula is C10H18N2S. The summed E-state index contributed by atoms with van der Waals surface area (Å²) in [7, 11) is 0. The first-order valence-electron chi connectivity index (χ1n) is 4.85. The van der Waals surface area contributed by atoms with Gasteiger partial charge in [-0.2, -0.15) is 12.6 Å². The normalized spacial score (nSPS) is 10.7. The van der Waals surface area contributed by atoms with Gasteiger partial charge in [0, 0.05) is 12.2 Å². The van der Waals surface area contributed by atoms with Crippen LogP contribution in [0.5, 0.6) is 0 Å². The summed E-state index contributed by atoms with van der Waals surface area (Å²) in [6, 6.07) is 0. The number of aryl methyl sites for hydroxylation is 2. The minimum atomic E-state index is 1.00. The van der Waals surface area contributed by atoms with Crippen LogP contribution in [-0.4, -0.2) is 15.3 Å². The number of unbranched alkanes of at least 4 members (excludes halogenated alkanes) is 2. The van der Waals surface area contributed by atoms with Gasteiger partial charge in [-0.15, -0.1) is 0 Å². The highest BCUT2D eigenvalue weighted by Crippen LogP contribution is 2.07. The average Bonchev–Trinajstić information content (AvgIpc) is 2.43. The van der Waals surface area contributed by atoms with Crippen molar-refractivity contribution in [3.63, 3.8) is 0 Å². The second kappa shape index (κ2) is 5.32. The number of thiol groups is 1. The van der Waals surface area contributed by atoms with Gasteiger partial charge in [0.05, 0.1) is 12.0 Å². The third kappa shape index (κ3) is 3.07. The van der Waals surface area contributed by atoms with E-state index in [2.05, 4.69) is 36.0 Å². The fraction of sp³-hybridized carbons (Fsp3) is 0.700. The van der Waals surface area contributed by atoms with Crippen LogP contribution in [0.25, 0.3) is 0 Å². The predicted molar refractivity (Wildman–Crippen MR) is 59.4 cm³/mol. The lowest BCUT2D eigenvalue weighted by Crippen LogP contribution is -1.99. The molecule has 0 saturated heterocycles. The Morgan fingerprint density at radius 3 is 2.62 bits per heavy atom. The summed E-state index contributed by atoms with van der Waals surface area (Å²) in [5.74, 6) is 1.00. The van der Waals surface area contributed by atoms with E-state index in [4.69, 9.17) is 0 Å². The number of hydrogen-bond acceptors (Lipinski definition) is 2. The van der Waals surface area contributed by atoms with Crippen LogP contribution in [0.4, 0.5) is 0 Å². The van der Waals surface area contributed by atoms with E-state index in [0.717, 1.165) is 18.0 Å². The highest BCUT2D eigenvalue weighted by atomic mass is 32.1. The third-order valence-electron chi connectivity index (χ3n) is 2.40. The van der Waals surface area contributed by atoms with E-state index in [-0.39, 0.29) is 0 Å². The van der Waals surface area contributed by atoms with Gasteiger partial charge in [0.15, 0.2) is 0 Å². The van der Waals surface area contributed by atoms with Crippen molar-refractivity contribution in [1.82, 2.24) is 9.55 Å². The van der Waals surface area contributed by atoms with Crippen molar-refractivity contribution in [3.8, 4) is 0 Å². The quantitative estimate of drug-likeness (QED) is 0.569. The molecule has 0 aliphatic rings. The smallest absolute Gasteiger partial charge is 0.0951 e. The highest BCUT2D eigenvalue weighted by molar-refractivity contribution is 7.80. The largest absolute Gasteiger partial charge is 0.335 e. The van der Waals surface area contributed by atoms with Gasteiger partial charge in [-0.1, -0.05) is 6.42 Å². The summed E-state index contributed by atoms with van der Waals surface area (Å²) in [4.78, 5) is 4.26. The minimum Gasteiger partial charge on any atom is -0.335 e. The lowest BCUT2D eigenvalue weighted by Gasteiger charge is -2.04. The monoisotopic (exact) mass is 198 g/mol. The minimum absolute atomic E-state index is 1.00. The SMILES string of the molecule is Cc1ncn(CCCCCS)c1C. The lowest BCUT2D eigenvalue weighted by atomic mass is 10.2. The van der Waals surface area contributed by atoms with Crippen LogP contribution in [0, 0.1) is 13.8 Å². The Bertz CT molecular complexity index is 255. The van der Waals surface area contributed by atoms with E-state index in [1.807, 2.05) is 6.33 Å². The Hall–Kier alpha value is -0.440. The van der Waals surface area contributed by atoms with Crippen LogP contribution in [-0.2, 0) is 6.54 Å². The molecule has 0 radical (unpaired) electrons. The van der Waals surface area contributed by atoms with Gasteiger partial charge in [-0.3, -0.25) is 0 Å². The van der Waals surface area contributed by atoms with E-state index in [1.165, 1.54) is 25.0 Å². The molecule has 0 unspecified atom stereocenters. The van der Waals surface area contributed by atoms with Gasteiger partial charge in [-0.25, -0.2) is 4.98 Å². The summed E-state index contributed by atoms with van der Waals surface area (Å²) < 4.78 is 2.23. The van der Waals surface area contributed by atoms with Crippen LogP contribution < -0.4 is 0 Å². The Kier molecular flexibility index (Phi) is 4.36. The second-order valence-corrected chi connectivity index (χ2v) is 3.84. The van der Waals surface area contributed by atoms with Crippen molar-refractivity contribution in [1.29, 1.82) is 0 Å². The molecule has 1 rings (SSSR count). The van der Waals surface area contributed by atoms with Gasteiger partial charge in [0.2, 0.25) is 0 Å². The molecule has 0 aliphatic carbocycles. The second-order valence-electron chi connectivity index (χ2n) is 3.39. The highest BCUT2D eigenvalue weighted by Gasteiger charge is 2.00. The van der Waals surface area contributed by atoms with E-state index < -0.39 is 0 Å². The van der Waals surface area contributed by atoms with Crippen LogP contribution in [0.15, 0.2) is 6.33 Å². The van der Waals surface area contributed by atoms with E-state index in [1.54, 1.807) is 0 Å². The van der Waals surface area contributed by atoms with Crippen LogP contribution in [0.2, 0.25) is 0 Å². The number of nitrogens with zero attached hydrogens (tertiary/aromatic N) is 2. The van der Waals surface area contributed by atoms with Crippen molar-refractivity contribution in [2.24, 2.45) is 0 Å². The van der Waals surface area contributed by atoms with E-state index in [0.29, 0.717) is 0 Å². The Morgan fingerprint density at radius 1 is 1.31 bits per heavy atom. The predicted octanol–water partition coefficient (Wildman–Crippen LogP) is 2.60. The zero-order valence-electron chi connectivity index (χ0n) is 8.45. The van der Waals surface area contributed by atoms with Crippen molar-refractivity contribution in [2.45, 2.75) is 39.7 Å². The first kappa shape index (κ1) is 10.6. The maximum absolute atomic E-state index is 4.26. The number of hydrogen-bond donors (Lipinski definition) is 1. The van der Waals surface area contributed by atoms with Gasteiger partial charge in [-0.05, 0) is 32.4 Å². The van der Waals surface area contributed by atoms with Crippen molar-refractivity contribution in [3.05, 3.63) is 17.7 Å². The summed E-state index contributed by atoms with van der Waals surface area (Å²) in [5.41, 5.74) is 2.44. The molecular weight excluding hydrogens is 180 g/mol. The average molecular weight is 198 g/mol. The van der Waals surface area contributed by atoms with E-state index in [9.17, 15) is 0 Å². The summed E-state index contributed by atoms with van der Waals surface area (Å²) >= 11 is 4.19. The Labute approximate surface area is 85.8 Å². The van der Waals surface area contributed by atoms with Crippen LogP contribution in [0.3, 0.4) is 0 Å². The van der Waals surface area contributed by atoms with Gasteiger partial charge in [0.1, 0.15) is 0 Å². The van der Waals surface area contributed by atoms with Gasteiger partial charge in [0.25, 0.3) is 0 Å². The topological polar surface area (TPSA) is 17.8 Å². The molecule has 0 amide bonds. The third-order valence-corrected chi connectivity index (χ3v) is 2.72. The number of imidazole rings is 1. The van der Waals surface area contributed by atoms with Crippen molar-refractivity contribution < 1.29 is 0 Å². The molecule has 0 bridgehead atoms. The lowest BCUT2D eigenvalue weighted by molar-refractivity contribution is 0.594. The van der Waals surface area contributed by atoms with E-state index >= 15 is 0 Å². The maximum atomic E-state index is 4.26. The molecule has 0 spiro atoms. The van der Waals surface area contributed by atoms with Crippen molar-refractivity contribution >= 4 is 12.6 Å². The fourth-order valence-electron chi connectivity index (χ4n) is 1.34. The molecule has 0 fully saturated rings. The molecule has 13 heavy (non-hydrogen) atoms. The molecule has 0 aromatic carbocycles. The zero-order chi connectivity index (χ0) is 9.68. The number of aromatic nitrogens is 2. The standard InChI is InChI=1S/C10H18N2S/c1-9-10(2)12(8-11-9)6-4-3-5-7-13/h8,13H,3-7H2,1-2H3. The molecule has 0 saturated carbocycles. The molecule has 0 N–H and O–H groups in total. The molecule has 2 nitrogen and oxygen atoms in total. The first-order chi connectivity index (χ1) is 6.25.